The van der Waals surface area contributed by atoms with Crippen LogP contribution in [0.5, 0.6) is 11.5 Å². The van der Waals surface area contributed by atoms with E-state index in [0.717, 1.165) is 0 Å². The minimum absolute atomic E-state index is 0.0334. The number of halogens is 2. The first kappa shape index (κ1) is 14.5. The van der Waals surface area contributed by atoms with E-state index in [-0.39, 0.29) is 17.1 Å². The molecule has 0 fully saturated rings. The van der Waals surface area contributed by atoms with E-state index in [1.165, 1.54) is 19.2 Å². The maximum absolute atomic E-state index is 12.2. The molecule has 4 nitrogen and oxygen atoms in total. The Morgan fingerprint density at radius 1 is 1.25 bits per heavy atom. The van der Waals surface area contributed by atoms with Gasteiger partial charge >= 0.3 is 0 Å². The number of hydrogen-bond donors (Lipinski definition) is 2. The molecule has 0 aromatic heterocycles. The topological polar surface area (TPSA) is 58.6 Å². The van der Waals surface area contributed by atoms with E-state index >= 15 is 0 Å². The van der Waals surface area contributed by atoms with Crippen molar-refractivity contribution in [2.24, 2.45) is 0 Å². The van der Waals surface area contributed by atoms with Gasteiger partial charge in [-0.1, -0.05) is 29.3 Å². The lowest BCUT2D eigenvalue weighted by atomic mass is 10.1. The van der Waals surface area contributed by atoms with Crippen LogP contribution >= 0.6 is 23.2 Å². The second kappa shape index (κ2) is 6.03. The van der Waals surface area contributed by atoms with E-state index in [1.807, 2.05) is 0 Å². The summed E-state index contributed by atoms with van der Waals surface area (Å²) in [5, 5.41) is 13.2. The molecule has 0 saturated heterocycles. The van der Waals surface area contributed by atoms with Gasteiger partial charge in [-0.2, -0.15) is 0 Å². The molecule has 104 valence electrons. The van der Waals surface area contributed by atoms with E-state index in [9.17, 15) is 9.90 Å². The van der Waals surface area contributed by atoms with Crippen LogP contribution < -0.4 is 10.1 Å². The average Bonchev–Trinajstić information content (AvgIpc) is 2.42. The Morgan fingerprint density at radius 2 is 2.00 bits per heavy atom. The van der Waals surface area contributed by atoms with Crippen LogP contribution in [-0.2, 0) is 0 Å². The predicted octanol–water partition coefficient (Wildman–Crippen LogP) is 3.96. The van der Waals surface area contributed by atoms with Crippen LogP contribution in [0.3, 0.4) is 0 Å². The van der Waals surface area contributed by atoms with E-state index < -0.39 is 5.91 Å². The van der Waals surface area contributed by atoms with Crippen molar-refractivity contribution in [2.75, 3.05) is 12.4 Å². The summed E-state index contributed by atoms with van der Waals surface area (Å²) in [6.07, 6.45) is 0. The van der Waals surface area contributed by atoms with Gasteiger partial charge in [0.05, 0.1) is 17.8 Å². The first-order chi connectivity index (χ1) is 9.52. The molecule has 2 aromatic carbocycles. The third kappa shape index (κ3) is 2.98. The van der Waals surface area contributed by atoms with E-state index in [0.29, 0.717) is 15.7 Å². The molecule has 2 rings (SSSR count). The third-order valence-corrected chi connectivity index (χ3v) is 3.19. The summed E-state index contributed by atoms with van der Waals surface area (Å²) < 4.78 is 5.06. The van der Waals surface area contributed by atoms with Crippen molar-refractivity contribution >= 4 is 34.8 Å². The number of benzene rings is 2. The number of methoxy groups -OCH3 is 1. The summed E-state index contributed by atoms with van der Waals surface area (Å²) in [7, 11) is 1.41. The molecule has 2 N–H and O–H groups in total. The largest absolute Gasteiger partial charge is 0.507 e. The molecule has 0 aliphatic heterocycles. The summed E-state index contributed by atoms with van der Waals surface area (Å²) >= 11 is 11.8. The molecule has 2 aromatic rings. The molecule has 0 atom stereocenters. The summed E-state index contributed by atoms with van der Waals surface area (Å²) in [5.41, 5.74) is 0.389. The first-order valence-electron chi connectivity index (χ1n) is 5.65. The van der Waals surface area contributed by atoms with Gasteiger partial charge in [0.1, 0.15) is 17.1 Å². The molecule has 20 heavy (non-hydrogen) atoms. The molecule has 0 radical (unpaired) electrons. The number of phenolic OH excluding ortho intramolecular Hbond substituents is 1. The van der Waals surface area contributed by atoms with Crippen LogP contribution in [0, 0.1) is 0 Å². The predicted molar refractivity (Wildman–Crippen MR) is 79.1 cm³/mol. The normalized spacial score (nSPS) is 10.2. The molecule has 6 heteroatoms. The number of amides is 1. The van der Waals surface area contributed by atoms with E-state index in [1.54, 1.807) is 24.3 Å². The minimum Gasteiger partial charge on any atom is -0.507 e. The number of carbonyl (C=O) groups excluding carboxylic acids is 1. The monoisotopic (exact) mass is 311 g/mol. The standard InChI is InChI=1S/C14H11Cl2NO3/c1-20-12-4-2-3-11(18)13(12)14(19)17-10-7-8(15)5-6-9(10)16/h2-7,18H,1H3,(H,17,19). The Kier molecular flexibility index (Phi) is 4.37. The molecule has 0 heterocycles. The maximum Gasteiger partial charge on any atom is 0.263 e. The number of ether oxygens (including phenoxy) is 1. The highest BCUT2D eigenvalue weighted by Crippen LogP contribution is 2.30. The van der Waals surface area contributed by atoms with Crippen molar-refractivity contribution in [3.05, 3.63) is 52.0 Å². The van der Waals surface area contributed by atoms with Crippen molar-refractivity contribution < 1.29 is 14.6 Å². The summed E-state index contributed by atoms with van der Waals surface area (Å²) in [6.45, 7) is 0. The number of rotatable bonds is 3. The minimum atomic E-state index is -0.538. The fourth-order valence-electron chi connectivity index (χ4n) is 1.70. The number of carbonyl (C=O) groups is 1. The Balaban J connectivity index is 2.36. The number of hydrogen-bond acceptors (Lipinski definition) is 3. The van der Waals surface area contributed by atoms with Crippen molar-refractivity contribution in [2.45, 2.75) is 0 Å². The van der Waals surface area contributed by atoms with Crippen LogP contribution in [0.25, 0.3) is 0 Å². The van der Waals surface area contributed by atoms with Crippen molar-refractivity contribution in [3.8, 4) is 11.5 Å². The zero-order valence-electron chi connectivity index (χ0n) is 10.5. The zero-order chi connectivity index (χ0) is 14.7. The highest BCUT2D eigenvalue weighted by atomic mass is 35.5. The van der Waals surface area contributed by atoms with Gasteiger partial charge in [0.2, 0.25) is 0 Å². The molecular formula is C14H11Cl2NO3. The van der Waals surface area contributed by atoms with Crippen LogP contribution in [0.4, 0.5) is 5.69 Å². The number of aromatic hydroxyl groups is 1. The van der Waals surface area contributed by atoms with Crippen LogP contribution in [0.15, 0.2) is 36.4 Å². The number of nitrogens with one attached hydrogen (secondary N) is 1. The fourth-order valence-corrected chi connectivity index (χ4v) is 2.03. The van der Waals surface area contributed by atoms with Crippen molar-refractivity contribution in [3.63, 3.8) is 0 Å². The molecule has 0 aliphatic carbocycles. The molecule has 0 bridgehead atoms. The second-order valence-electron chi connectivity index (χ2n) is 3.93. The van der Waals surface area contributed by atoms with E-state index in [2.05, 4.69) is 5.32 Å². The van der Waals surface area contributed by atoms with Crippen molar-refractivity contribution in [1.82, 2.24) is 0 Å². The summed E-state index contributed by atoms with van der Waals surface area (Å²) in [6, 6.07) is 9.26. The van der Waals surface area contributed by atoms with E-state index in [4.69, 9.17) is 27.9 Å². The van der Waals surface area contributed by atoms with Gasteiger partial charge < -0.3 is 15.2 Å². The van der Waals surface area contributed by atoms with Crippen LogP contribution in [0.2, 0.25) is 10.0 Å². The van der Waals surface area contributed by atoms with Crippen LogP contribution in [0.1, 0.15) is 10.4 Å². The molecule has 0 unspecified atom stereocenters. The Labute approximate surface area is 125 Å². The van der Waals surface area contributed by atoms with Gasteiger partial charge in [0.15, 0.2) is 0 Å². The van der Waals surface area contributed by atoms with Crippen molar-refractivity contribution in [1.29, 1.82) is 0 Å². The van der Waals surface area contributed by atoms with Gasteiger partial charge in [-0.3, -0.25) is 4.79 Å². The molecule has 0 spiro atoms. The fraction of sp³-hybridized carbons (Fsp3) is 0.0714. The highest BCUT2D eigenvalue weighted by Gasteiger charge is 2.18. The summed E-state index contributed by atoms with van der Waals surface area (Å²) in [4.78, 5) is 12.2. The number of phenols is 1. The molecule has 0 saturated carbocycles. The smallest absolute Gasteiger partial charge is 0.263 e. The summed E-state index contributed by atoms with van der Waals surface area (Å²) in [5.74, 6) is -0.454. The zero-order valence-corrected chi connectivity index (χ0v) is 12.0. The molecule has 0 aliphatic rings. The second-order valence-corrected chi connectivity index (χ2v) is 4.78. The highest BCUT2D eigenvalue weighted by molar-refractivity contribution is 6.36. The van der Waals surface area contributed by atoms with Gasteiger partial charge in [-0.05, 0) is 30.3 Å². The average molecular weight is 312 g/mol. The first-order valence-corrected chi connectivity index (χ1v) is 6.41. The van der Waals surface area contributed by atoms with Gasteiger partial charge in [-0.15, -0.1) is 0 Å². The Bertz CT molecular complexity index is 659. The van der Waals surface area contributed by atoms with Crippen LogP contribution in [-0.4, -0.2) is 18.1 Å². The lowest BCUT2D eigenvalue weighted by molar-refractivity contribution is 0.102. The maximum atomic E-state index is 12.2. The molecular weight excluding hydrogens is 301 g/mol. The SMILES string of the molecule is COc1cccc(O)c1C(=O)Nc1cc(Cl)ccc1Cl. The molecule has 1 amide bonds. The lowest BCUT2D eigenvalue weighted by Gasteiger charge is -2.11. The Hall–Kier alpha value is -1.91. The quantitative estimate of drug-likeness (QED) is 0.902. The number of anilines is 1. The lowest BCUT2D eigenvalue weighted by Crippen LogP contribution is -2.13. The van der Waals surface area contributed by atoms with Gasteiger partial charge in [0, 0.05) is 5.02 Å². The van der Waals surface area contributed by atoms with Gasteiger partial charge in [0.25, 0.3) is 5.91 Å². The third-order valence-electron chi connectivity index (χ3n) is 2.63. The van der Waals surface area contributed by atoms with Gasteiger partial charge in [-0.25, -0.2) is 0 Å². The Morgan fingerprint density at radius 3 is 2.70 bits per heavy atom.